The van der Waals surface area contributed by atoms with Gasteiger partial charge in [0.2, 0.25) is 0 Å². The monoisotopic (exact) mass is 768 g/mol. The fourth-order valence-electron chi connectivity index (χ4n) is 10.9. The summed E-state index contributed by atoms with van der Waals surface area (Å²) in [7, 11) is 0. The van der Waals surface area contributed by atoms with E-state index in [1.54, 1.807) is 0 Å². The standard InChI is InChI=1S/C58H44N2/c1-57(2)48-24-13-9-22-46(48)56-49(57)25-16-28-53(56)59(40-31-33-43-42-19-8-12-23-47(42)58(3,4)50(43)36-40)39-30-32-41-38(35-39)29-34-54(55(41)37-17-6-5-7-18-37)60-51-26-14-10-20-44(51)45-21-11-15-27-52(45)60/h5-36H,1-4H3. The molecule has 0 amide bonds. The quantitative estimate of drug-likeness (QED) is 0.169. The molecule has 0 saturated carbocycles. The first kappa shape index (κ1) is 34.8. The topological polar surface area (TPSA) is 8.17 Å². The molecule has 60 heavy (non-hydrogen) atoms. The number of hydrogen-bond donors (Lipinski definition) is 0. The first-order chi connectivity index (χ1) is 29.3. The molecule has 9 aromatic carbocycles. The Balaban J connectivity index is 1.12. The van der Waals surface area contributed by atoms with Crippen LogP contribution < -0.4 is 4.90 Å². The molecule has 0 atom stereocenters. The van der Waals surface area contributed by atoms with Gasteiger partial charge >= 0.3 is 0 Å². The highest BCUT2D eigenvalue weighted by Crippen LogP contribution is 2.56. The number of rotatable bonds is 5. The molecule has 2 heteroatoms. The summed E-state index contributed by atoms with van der Waals surface area (Å²) in [4.78, 5) is 2.53. The smallest absolute Gasteiger partial charge is 0.0547 e. The molecular formula is C58H44N2. The summed E-state index contributed by atoms with van der Waals surface area (Å²) in [5, 5.41) is 4.94. The van der Waals surface area contributed by atoms with Crippen LogP contribution in [0.5, 0.6) is 0 Å². The third kappa shape index (κ3) is 4.82. The van der Waals surface area contributed by atoms with E-state index in [2.05, 4.69) is 231 Å². The van der Waals surface area contributed by atoms with Crippen molar-refractivity contribution in [2.45, 2.75) is 38.5 Å². The van der Waals surface area contributed by atoms with Crippen LogP contribution in [0.1, 0.15) is 49.9 Å². The van der Waals surface area contributed by atoms with Crippen LogP contribution in [-0.2, 0) is 10.8 Å². The van der Waals surface area contributed by atoms with Crippen LogP contribution in [0.3, 0.4) is 0 Å². The zero-order chi connectivity index (χ0) is 40.3. The molecule has 0 radical (unpaired) electrons. The maximum absolute atomic E-state index is 2.53. The van der Waals surface area contributed by atoms with Crippen molar-refractivity contribution >= 4 is 49.6 Å². The molecule has 2 aliphatic rings. The molecule has 286 valence electrons. The van der Waals surface area contributed by atoms with Crippen molar-refractivity contribution in [3.05, 3.63) is 216 Å². The number of benzene rings is 9. The maximum Gasteiger partial charge on any atom is 0.0547 e. The van der Waals surface area contributed by atoms with Gasteiger partial charge in [0.1, 0.15) is 0 Å². The van der Waals surface area contributed by atoms with Crippen LogP contribution in [0, 0.1) is 0 Å². The Morgan fingerprint density at radius 3 is 1.70 bits per heavy atom. The molecule has 2 nitrogen and oxygen atoms in total. The van der Waals surface area contributed by atoms with E-state index in [1.165, 1.54) is 99.6 Å². The molecule has 0 spiro atoms. The van der Waals surface area contributed by atoms with Gasteiger partial charge in [0, 0.05) is 44.1 Å². The van der Waals surface area contributed by atoms with Crippen molar-refractivity contribution in [3.8, 4) is 39.1 Å². The van der Waals surface area contributed by atoms with Crippen molar-refractivity contribution in [1.29, 1.82) is 0 Å². The van der Waals surface area contributed by atoms with Crippen LogP contribution in [0.2, 0.25) is 0 Å². The summed E-state index contributed by atoms with van der Waals surface area (Å²) in [6.45, 7) is 9.49. The first-order valence-electron chi connectivity index (χ1n) is 21.2. The molecule has 2 aliphatic carbocycles. The Bertz CT molecular complexity index is 3330. The summed E-state index contributed by atoms with van der Waals surface area (Å²) < 4.78 is 2.46. The van der Waals surface area contributed by atoms with E-state index in [0.29, 0.717) is 0 Å². The third-order valence-corrected chi connectivity index (χ3v) is 13.8. The molecule has 1 heterocycles. The van der Waals surface area contributed by atoms with Crippen LogP contribution in [0.4, 0.5) is 17.1 Å². The van der Waals surface area contributed by atoms with E-state index in [9.17, 15) is 0 Å². The highest BCUT2D eigenvalue weighted by atomic mass is 15.1. The molecule has 0 saturated heterocycles. The van der Waals surface area contributed by atoms with Crippen LogP contribution in [0.15, 0.2) is 194 Å². The maximum atomic E-state index is 2.53. The minimum absolute atomic E-state index is 0.119. The van der Waals surface area contributed by atoms with Gasteiger partial charge in [0.05, 0.1) is 22.4 Å². The third-order valence-electron chi connectivity index (χ3n) is 13.8. The van der Waals surface area contributed by atoms with Gasteiger partial charge in [-0.05, 0) is 104 Å². The number of anilines is 3. The Morgan fingerprint density at radius 2 is 0.950 bits per heavy atom. The largest absolute Gasteiger partial charge is 0.310 e. The van der Waals surface area contributed by atoms with Crippen LogP contribution in [0.25, 0.3) is 71.6 Å². The first-order valence-corrected chi connectivity index (χ1v) is 21.2. The van der Waals surface area contributed by atoms with Crippen molar-refractivity contribution < 1.29 is 0 Å². The molecule has 0 unspecified atom stereocenters. The lowest BCUT2D eigenvalue weighted by Crippen LogP contribution is -2.17. The molecule has 0 bridgehead atoms. The molecule has 0 fully saturated rings. The van der Waals surface area contributed by atoms with Gasteiger partial charge in [-0.25, -0.2) is 0 Å². The minimum Gasteiger partial charge on any atom is -0.310 e. The predicted octanol–water partition coefficient (Wildman–Crippen LogP) is 15.7. The summed E-state index contributed by atoms with van der Waals surface area (Å²) in [5.74, 6) is 0. The lowest BCUT2D eigenvalue weighted by Gasteiger charge is -2.30. The van der Waals surface area contributed by atoms with Crippen LogP contribution >= 0.6 is 0 Å². The minimum atomic E-state index is -0.127. The predicted molar refractivity (Wildman–Crippen MR) is 254 cm³/mol. The summed E-state index contributed by atoms with van der Waals surface area (Å²) in [6, 6.07) is 72.4. The van der Waals surface area contributed by atoms with Crippen molar-refractivity contribution in [2.24, 2.45) is 0 Å². The number of aromatic nitrogens is 1. The second-order valence-electron chi connectivity index (χ2n) is 17.7. The Labute approximate surface area is 351 Å². The molecule has 1 aromatic heterocycles. The normalized spacial score (nSPS) is 14.3. The highest BCUT2D eigenvalue weighted by molar-refractivity contribution is 6.11. The second-order valence-corrected chi connectivity index (χ2v) is 17.7. The Kier molecular flexibility index (Phi) is 7.36. The van der Waals surface area contributed by atoms with Gasteiger partial charge < -0.3 is 9.47 Å². The average molecular weight is 769 g/mol. The summed E-state index contributed by atoms with van der Waals surface area (Å²) in [6.07, 6.45) is 0. The van der Waals surface area contributed by atoms with E-state index < -0.39 is 0 Å². The van der Waals surface area contributed by atoms with E-state index in [4.69, 9.17) is 0 Å². The van der Waals surface area contributed by atoms with Crippen molar-refractivity contribution in [2.75, 3.05) is 4.90 Å². The Hall–Kier alpha value is -7.16. The Morgan fingerprint density at radius 1 is 0.383 bits per heavy atom. The van der Waals surface area contributed by atoms with Crippen LogP contribution in [-0.4, -0.2) is 4.57 Å². The second kappa shape index (κ2) is 12.7. The fraction of sp³-hybridized carbons (Fsp3) is 0.103. The number of hydrogen-bond acceptors (Lipinski definition) is 1. The average Bonchev–Trinajstić information content (AvgIpc) is 3.83. The summed E-state index contributed by atoms with van der Waals surface area (Å²) >= 11 is 0. The molecule has 0 aliphatic heterocycles. The fourth-order valence-corrected chi connectivity index (χ4v) is 10.9. The summed E-state index contributed by atoms with van der Waals surface area (Å²) in [5.41, 5.74) is 20.1. The number of fused-ring (bicyclic) bond motifs is 10. The van der Waals surface area contributed by atoms with E-state index in [-0.39, 0.29) is 10.8 Å². The molecule has 0 N–H and O–H groups in total. The zero-order valence-electron chi connectivity index (χ0n) is 34.4. The van der Waals surface area contributed by atoms with Gasteiger partial charge in [0.25, 0.3) is 0 Å². The van der Waals surface area contributed by atoms with E-state index in [1.807, 2.05) is 0 Å². The van der Waals surface area contributed by atoms with Gasteiger partial charge in [-0.2, -0.15) is 0 Å². The van der Waals surface area contributed by atoms with E-state index in [0.717, 1.165) is 11.4 Å². The van der Waals surface area contributed by atoms with Gasteiger partial charge in [0.15, 0.2) is 0 Å². The highest BCUT2D eigenvalue weighted by Gasteiger charge is 2.39. The SMILES string of the molecule is CC1(C)c2ccccc2-c2ccc(N(c3ccc4c(-c5ccccc5)c(-n5c6ccccc6c6ccccc65)ccc4c3)c3cccc4c3-c3ccccc3C4(C)C)cc21. The van der Waals surface area contributed by atoms with Gasteiger partial charge in [-0.3, -0.25) is 0 Å². The molecule has 12 rings (SSSR count). The lowest BCUT2D eigenvalue weighted by molar-refractivity contribution is 0.660. The number of nitrogens with zero attached hydrogens (tertiary/aromatic N) is 2. The van der Waals surface area contributed by atoms with Crippen molar-refractivity contribution in [3.63, 3.8) is 0 Å². The zero-order valence-corrected chi connectivity index (χ0v) is 34.4. The number of para-hydroxylation sites is 2. The van der Waals surface area contributed by atoms with Gasteiger partial charge in [-0.1, -0.05) is 173 Å². The lowest BCUT2D eigenvalue weighted by atomic mass is 9.82. The van der Waals surface area contributed by atoms with E-state index >= 15 is 0 Å². The van der Waals surface area contributed by atoms with Gasteiger partial charge in [-0.15, -0.1) is 0 Å². The van der Waals surface area contributed by atoms with Crippen molar-refractivity contribution in [1.82, 2.24) is 4.57 Å². The molecule has 10 aromatic rings. The molecular weight excluding hydrogens is 725 g/mol.